The molecule has 102 valence electrons. The van der Waals surface area contributed by atoms with Gasteiger partial charge in [0.15, 0.2) is 0 Å². The van der Waals surface area contributed by atoms with E-state index in [1.54, 1.807) is 0 Å². The molecule has 0 amide bonds. The Balaban J connectivity index is 3.01. The molecule has 0 aromatic heterocycles. The number of esters is 1. The maximum atomic E-state index is 11.1. The monoisotopic (exact) mass is 354 g/mol. The van der Waals surface area contributed by atoms with Crippen molar-refractivity contribution in [1.29, 1.82) is 0 Å². The number of carbonyl (C=O) groups excluding carboxylic acids is 1. The van der Waals surface area contributed by atoms with Gasteiger partial charge in [0.25, 0.3) is 0 Å². The van der Waals surface area contributed by atoms with E-state index in [0.717, 1.165) is 6.42 Å². The summed E-state index contributed by atoms with van der Waals surface area (Å²) in [5, 5.41) is 0. The highest BCUT2D eigenvalue weighted by molar-refractivity contribution is 14.1. The largest absolute Gasteiger partial charge is 0.466 e. The Hall–Kier alpha value is 0.200. The van der Waals surface area contributed by atoms with E-state index in [1.807, 2.05) is 6.92 Å². The summed E-state index contributed by atoms with van der Waals surface area (Å²) in [6.45, 7) is 2.37. The minimum absolute atomic E-state index is 0.0358. The minimum atomic E-state index is -0.0358. The fourth-order valence-electron chi connectivity index (χ4n) is 1.83. The van der Waals surface area contributed by atoms with E-state index in [4.69, 9.17) is 4.74 Å². The van der Waals surface area contributed by atoms with E-state index in [9.17, 15) is 4.79 Å². The molecule has 0 bridgehead atoms. The quantitative estimate of drug-likeness (QED) is 0.216. The van der Waals surface area contributed by atoms with Crippen LogP contribution in [0.4, 0.5) is 0 Å². The van der Waals surface area contributed by atoms with Crippen molar-refractivity contribution in [1.82, 2.24) is 0 Å². The van der Waals surface area contributed by atoms with Gasteiger partial charge >= 0.3 is 5.97 Å². The third-order valence-electron chi connectivity index (χ3n) is 2.82. The van der Waals surface area contributed by atoms with Gasteiger partial charge in [-0.2, -0.15) is 0 Å². The summed E-state index contributed by atoms with van der Waals surface area (Å²) >= 11 is 2.44. The highest BCUT2D eigenvalue weighted by atomic mass is 127. The summed E-state index contributed by atoms with van der Waals surface area (Å²) in [5.74, 6) is -0.0358. The molecule has 3 heteroatoms. The summed E-state index contributed by atoms with van der Waals surface area (Å²) in [6, 6.07) is 0. The van der Waals surface area contributed by atoms with Gasteiger partial charge in [-0.15, -0.1) is 0 Å². The van der Waals surface area contributed by atoms with Crippen molar-refractivity contribution in [2.75, 3.05) is 11.0 Å². The van der Waals surface area contributed by atoms with Crippen LogP contribution in [0.1, 0.15) is 71.1 Å². The van der Waals surface area contributed by atoms with Crippen LogP contribution in [0.15, 0.2) is 0 Å². The Bertz CT molecular complexity index is 172. The van der Waals surface area contributed by atoms with Crippen LogP contribution in [-0.4, -0.2) is 17.0 Å². The smallest absolute Gasteiger partial charge is 0.305 e. The van der Waals surface area contributed by atoms with Gasteiger partial charge in [0, 0.05) is 6.42 Å². The third kappa shape index (κ3) is 14.1. The van der Waals surface area contributed by atoms with Crippen LogP contribution >= 0.6 is 22.6 Å². The van der Waals surface area contributed by atoms with E-state index in [-0.39, 0.29) is 5.97 Å². The molecule has 0 heterocycles. The zero-order valence-corrected chi connectivity index (χ0v) is 13.3. The predicted molar refractivity (Wildman–Crippen MR) is 81.7 cm³/mol. The zero-order valence-electron chi connectivity index (χ0n) is 11.2. The van der Waals surface area contributed by atoms with Gasteiger partial charge in [0.05, 0.1) is 6.61 Å². The molecule has 0 aliphatic heterocycles. The van der Waals surface area contributed by atoms with E-state index >= 15 is 0 Å². The molecule has 0 saturated carbocycles. The molecule has 0 aromatic rings. The lowest BCUT2D eigenvalue weighted by Crippen LogP contribution is -2.03. The van der Waals surface area contributed by atoms with Crippen molar-refractivity contribution >= 4 is 28.6 Å². The number of carbonyl (C=O) groups is 1. The van der Waals surface area contributed by atoms with Gasteiger partial charge in [-0.1, -0.05) is 67.5 Å². The maximum absolute atomic E-state index is 11.1. The number of unbranched alkanes of at least 4 members (excludes halogenated alkanes) is 8. The zero-order chi connectivity index (χ0) is 12.8. The lowest BCUT2D eigenvalue weighted by Gasteiger charge is -2.02. The first kappa shape index (κ1) is 17.2. The van der Waals surface area contributed by atoms with E-state index in [1.165, 1.54) is 55.8 Å². The summed E-state index contributed by atoms with van der Waals surface area (Å²) in [7, 11) is 0. The van der Waals surface area contributed by atoms with Crippen LogP contribution in [0.5, 0.6) is 0 Å². The van der Waals surface area contributed by atoms with Crippen molar-refractivity contribution in [2.24, 2.45) is 0 Å². The molecule has 0 unspecified atom stereocenters. The molecular formula is C14H27IO2. The first-order valence-electron chi connectivity index (χ1n) is 7.02. The van der Waals surface area contributed by atoms with Gasteiger partial charge in [-0.25, -0.2) is 0 Å². The van der Waals surface area contributed by atoms with Gasteiger partial charge in [-0.3, -0.25) is 4.79 Å². The Labute approximate surface area is 120 Å². The van der Waals surface area contributed by atoms with Crippen LogP contribution in [0.2, 0.25) is 0 Å². The molecular weight excluding hydrogens is 327 g/mol. The number of alkyl halides is 1. The summed E-state index contributed by atoms with van der Waals surface area (Å²) in [5.41, 5.74) is 0. The van der Waals surface area contributed by atoms with Gasteiger partial charge < -0.3 is 4.74 Å². The number of hydrogen-bond acceptors (Lipinski definition) is 2. The molecule has 0 N–H and O–H groups in total. The lowest BCUT2D eigenvalue weighted by molar-refractivity contribution is -0.143. The maximum Gasteiger partial charge on any atom is 0.305 e. The van der Waals surface area contributed by atoms with Crippen molar-refractivity contribution in [2.45, 2.75) is 71.1 Å². The number of halogens is 1. The normalized spacial score (nSPS) is 10.5. The number of ether oxygens (including phenoxy) is 1. The Morgan fingerprint density at radius 1 is 0.882 bits per heavy atom. The second kappa shape index (κ2) is 14.3. The molecule has 0 spiro atoms. The van der Waals surface area contributed by atoms with Crippen LogP contribution in [0, 0.1) is 0 Å². The van der Waals surface area contributed by atoms with Crippen LogP contribution in [0.3, 0.4) is 0 Å². The number of rotatable bonds is 12. The standard InChI is InChI=1S/C14H27IO2/c1-2-17-14(16)12-10-8-6-4-3-5-7-9-11-13-15/h2-13H2,1H3. The second-order valence-corrected chi connectivity index (χ2v) is 5.50. The lowest BCUT2D eigenvalue weighted by atomic mass is 10.1. The van der Waals surface area contributed by atoms with E-state index < -0.39 is 0 Å². The molecule has 0 rings (SSSR count). The van der Waals surface area contributed by atoms with Gasteiger partial charge in [0.2, 0.25) is 0 Å². The molecule has 0 saturated heterocycles. The fourth-order valence-corrected chi connectivity index (χ4v) is 2.37. The van der Waals surface area contributed by atoms with Crippen LogP contribution in [0.25, 0.3) is 0 Å². The molecule has 0 aromatic carbocycles. The van der Waals surface area contributed by atoms with Gasteiger partial charge in [-0.05, 0) is 24.2 Å². The highest BCUT2D eigenvalue weighted by Crippen LogP contribution is 2.11. The van der Waals surface area contributed by atoms with Gasteiger partial charge in [0.1, 0.15) is 0 Å². The molecule has 0 radical (unpaired) electrons. The molecule has 0 atom stereocenters. The second-order valence-electron chi connectivity index (χ2n) is 4.43. The molecule has 0 fully saturated rings. The Morgan fingerprint density at radius 2 is 1.35 bits per heavy atom. The topological polar surface area (TPSA) is 26.3 Å². The van der Waals surface area contributed by atoms with Crippen molar-refractivity contribution in [3.63, 3.8) is 0 Å². The van der Waals surface area contributed by atoms with Crippen LogP contribution in [-0.2, 0) is 9.53 Å². The third-order valence-corrected chi connectivity index (χ3v) is 3.58. The van der Waals surface area contributed by atoms with Crippen molar-refractivity contribution in [3.05, 3.63) is 0 Å². The van der Waals surface area contributed by atoms with Crippen molar-refractivity contribution in [3.8, 4) is 0 Å². The summed E-state index contributed by atoms with van der Waals surface area (Å²) in [6.07, 6.45) is 12.3. The average Bonchev–Trinajstić information content (AvgIpc) is 2.32. The number of hydrogen-bond donors (Lipinski definition) is 0. The van der Waals surface area contributed by atoms with Crippen LogP contribution < -0.4 is 0 Å². The SMILES string of the molecule is CCOC(=O)CCCCCCCCCCCI. The van der Waals surface area contributed by atoms with E-state index in [0.29, 0.717) is 13.0 Å². The molecule has 0 aliphatic rings. The highest BCUT2D eigenvalue weighted by Gasteiger charge is 2.00. The molecule has 0 aliphatic carbocycles. The fraction of sp³-hybridized carbons (Fsp3) is 0.929. The summed E-state index contributed by atoms with van der Waals surface area (Å²) < 4.78 is 6.18. The Kier molecular flexibility index (Phi) is 14.4. The van der Waals surface area contributed by atoms with Crippen molar-refractivity contribution < 1.29 is 9.53 Å². The minimum Gasteiger partial charge on any atom is -0.466 e. The summed E-state index contributed by atoms with van der Waals surface area (Å²) in [4.78, 5) is 11.1. The van der Waals surface area contributed by atoms with E-state index in [2.05, 4.69) is 22.6 Å². The molecule has 17 heavy (non-hydrogen) atoms. The average molecular weight is 354 g/mol. The first-order chi connectivity index (χ1) is 8.31. The molecule has 2 nitrogen and oxygen atoms in total. The predicted octanol–water partition coefficient (Wildman–Crippen LogP) is 4.89. The Morgan fingerprint density at radius 3 is 1.82 bits per heavy atom. The first-order valence-corrected chi connectivity index (χ1v) is 8.55.